The monoisotopic (exact) mass is 397 g/mol. The van der Waals surface area contributed by atoms with Crippen molar-refractivity contribution in [3.63, 3.8) is 0 Å². The molecule has 0 bridgehead atoms. The molecule has 0 fully saturated rings. The van der Waals surface area contributed by atoms with Gasteiger partial charge in [-0.15, -0.1) is 0 Å². The lowest BCUT2D eigenvalue weighted by atomic mass is 10.2. The Kier molecular flexibility index (Phi) is 6.23. The van der Waals surface area contributed by atoms with Crippen molar-refractivity contribution in [1.29, 1.82) is 0 Å². The van der Waals surface area contributed by atoms with Gasteiger partial charge in [-0.1, -0.05) is 11.6 Å². The molecule has 0 saturated heterocycles. The second kappa shape index (κ2) is 8.20. The van der Waals surface area contributed by atoms with Crippen LogP contribution in [0.2, 0.25) is 5.02 Å². The van der Waals surface area contributed by atoms with Crippen LogP contribution < -0.4 is 4.72 Å². The second-order valence-electron chi connectivity index (χ2n) is 5.04. The van der Waals surface area contributed by atoms with E-state index in [4.69, 9.17) is 16.3 Å². The van der Waals surface area contributed by atoms with Crippen LogP contribution in [0.25, 0.3) is 0 Å². The molecular formula is C17H16ClNO6S. The topological polar surface area (TPSA) is 98.8 Å². The average Bonchev–Trinajstić information content (AvgIpc) is 2.61. The van der Waals surface area contributed by atoms with Gasteiger partial charge in [0.15, 0.2) is 0 Å². The van der Waals surface area contributed by atoms with E-state index in [1.54, 1.807) is 6.92 Å². The van der Waals surface area contributed by atoms with Crippen molar-refractivity contribution >= 4 is 39.3 Å². The number of benzene rings is 2. The number of esters is 2. The van der Waals surface area contributed by atoms with Crippen LogP contribution in [0.1, 0.15) is 27.6 Å². The molecule has 7 nitrogen and oxygen atoms in total. The molecule has 0 aliphatic heterocycles. The standard InChI is InChI=1S/C17H16ClNO6S/c1-3-25-17(21)11-4-7-13(8-5-11)19-26(22,23)15-10-12(16(20)24-2)6-9-14(15)18/h4-10,19H,3H2,1-2H3. The SMILES string of the molecule is CCOC(=O)c1ccc(NS(=O)(=O)c2cc(C(=O)OC)ccc2Cl)cc1. The molecule has 0 radical (unpaired) electrons. The highest BCUT2D eigenvalue weighted by atomic mass is 35.5. The van der Waals surface area contributed by atoms with Gasteiger partial charge in [-0.3, -0.25) is 4.72 Å². The van der Waals surface area contributed by atoms with Gasteiger partial charge in [0, 0.05) is 5.69 Å². The number of halogens is 1. The van der Waals surface area contributed by atoms with Crippen LogP contribution in [0.3, 0.4) is 0 Å². The summed E-state index contributed by atoms with van der Waals surface area (Å²) in [6, 6.07) is 9.49. The Hall–Kier alpha value is -2.58. The lowest BCUT2D eigenvalue weighted by Crippen LogP contribution is -2.15. The predicted molar refractivity (Wildman–Crippen MR) is 96.0 cm³/mol. The first-order chi connectivity index (χ1) is 12.3. The third-order valence-electron chi connectivity index (χ3n) is 3.29. The van der Waals surface area contributed by atoms with Gasteiger partial charge in [0.05, 0.1) is 29.9 Å². The summed E-state index contributed by atoms with van der Waals surface area (Å²) in [6.07, 6.45) is 0. The minimum atomic E-state index is -4.06. The second-order valence-corrected chi connectivity index (χ2v) is 7.10. The van der Waals surface area contributed by atoms with Crippen LogP contribution >= 0.6 is 11.6 Å². The first-order valence-electron chi connectivity index (χ1n) is 7.46. The Morgan fingerprint density at radius 3 is 2.23 bits per heavy atom. The first-order valence-corrected chi connectivity index (χ1v) is 9.32. The maximum absolute atomic E-state index is 12.6. The molecular weight excluding hydrogens is 382 g/mol. The van der Waals surface area contributed by atoms with Crippen LogP contribution in [0.15, 0.2) is 47.4 Å². The molecule has 0 aromatic heterocycles. The van der Waals surface area contributed by atoms with Crippen molar-refractivity contribution in [2.75, 3.05) is 18.4 Å². The van der Waals surface area contributed by atoms with Gasteiger partial charge in [-0.25, -0.2) is 18.0 Å². The number of rotatable bonds is 6. The fourth-order valence-corrected chi connectivity index (χ4v) is 3.64. The number of carbonyl (C=O) groups is 2. The van der Waals surface area contributed by atoms with Crippen molar-refractivity contribution in [3.05, 3.63) is 58.6 Å². The van der Waals surface area contributed by atoms with Gasteiger partial charge in [0.1, 0.15) is 4.90 Å². The largest absolute Gasteiger partial charge is 0.465 e. The summed E-state index contributed by atoms with van der Waals surface area (Å²) in [5.74, 6) is -1.19. The Balaban J connectivity index is 2.29. The molecule has 9 heteroatoms. The van der Waals surface area contributed by atoms with E-state index < -0.39 is 22.0 Å². The molecule has 0 spiro atoms. The zero-order chi connectivity index (χ0) is 19.3. The highest BCUT2D eigenvalue weighted by Gasteiger charge is 2.21. The number of anilines is 1. The highest BCUT2D eigenvalue weighted by molar-refractivity contribution is 7.92. The average molecular weight is 398 g/mol. The fraction of sp³-hybridized carbons (Fsp3) is 0.176. The number of methoxy groups -OCH3 is 1. The number of sulfonamides is 1. The van der Waals surface area contributed by atoms with Crippen LogP contribution in [-0.4, -0.2) is 34.1 Å². The molecule has 26 heavy (non-hydrogen) atoms. The number of ether oxygens (including phenoxy) is 2. The van der Waals surface area contributed by atoms with E-state index in [-0.39, 0.29) is 27.8 Å². The van der Waals surface area contributed by atoms with Crippen LogP contribution in [0.4, 0.5) is 5.69 Å². The van der Waals surface area contributed by atoms with Gasteiger partial charge < -0.3 is 9.47 Å². The van der Waals surface area contributed by atoms with Crippen LogP contribution in [0.5, 0.6) is 0 Å². The van der Waals surface area contributed by atoms with E-state index in [1.807, 2.05) is 0 Å². The maximum Gasteiger partial charge on any atom is 0.338 e. The number of carbonyl (C=O) groups excluding carboxylic acids is 2. The number of nitrogens with one attached hydrogen (secondary N) is 1. The summed E-state index contributed by atoms with van der Waals surface area (Å²) >= 11 is 5.96. The van der Waals surface area contributed by atoms with Crippen molar-refractivity contribution in [1.82, 2.24) is 0 Å². The number of hydrogen-bond acceptors (Lipinski definition) is 6. The van der Waals surface area contributed by atoms with Crippen molar-refractivity contribution in [3.8, 4) is 0 Å². The summed E-state index contributed by atoms with van der Waals surface area (Å²) in [5.41, 5.74) is 0.563. The van der Waals surface area contributed by atoms with E-state index >= 15 is 0 Å². The normalized spacial score (nSPS) is 10.9. The Morgan fingerprint density at radius 1 is 1.04 bits per heavy atom. The molecule has 138 valence electrons. The molecule has 0 heterocycles. The molecule has 0 atom stereocenters. The van der Waals surface area contributed by atoms with Crippen molar-refractivity contribution in [2.24, 2.45) is 0 Å². The third-order valence-corrected chi connectivity index (χ3v) is 5.15. The van der Waals surface area contributed by atoms with Gasteiger partial charge in [0.25, 0.3) is 10.0 Å². The van der Waals surface area contributed by atoms with E-state index in [9.17, 15) is 18.0 Å². The summed E-state index contributed by atoms with van der Waals surface area (Å²) in [5, 5.41) is -0.0479. The van der Waals surface area contributed by atoms with E-state index in [2.05, 4.69) is 9.46 Å². The molecule has 0 aliphatic carbocycles. The molecule has 0 saturated carbocycles. The summed E-state index contributed by atoms with van der Waals surface area (Å²) in [4.78, 5) is 22.9. The summed E-state index contributed by atoms with van der Waals surface area (Å²) < 4.78 is 36.9. The van der Waals surface area contributed by atoms with Gasteiger partial charge in [-0.2, -0.15) is 0 Å². The fourth-order valence-electron chi connectivity index (χ4n) is 2.05. The number of hydrogen-bond donors (Lipinski definition) is 1. The quantitative estimate of drug-likeness (QED) is 0.752. The van der Waals surface area contributed by atoms with E-state index in [0.717, 1.165) is 6.07 Å². The van der Waals surface area contributed by atoms with E-state index in [1.165, 1.54) is 43.5 Å². The molecule has 0 aliphatic rings. The van der Waals surface area contributed by atoms with Gasteiger partial charge >= 0.3 is 11.9 Å². The molecule has 0 unspecified atom stereocenters. The minimum Gasteiger partial charge on any atom is -0.465 e. The van der Waals surface area contributed by atoms with Gasteiger partial charge in [-0.05, 0) is 49.4 Å². The van der Waals surface area contributed by atoms with Crippen molar-refractivity contribution in [2.45, 2.75) is 11.8 Å². The third kappa shape index (κ3) is 4.53. The molecule has 0 amide bonds. The van der Waals surface area contributed by atoms with Crippen molar-refractivity contribution < 1.29 is 27.5 Å². The lowest BCUT2D eigenvalue weighted by Gasteiger charge is -2.11. The van der Waals surface area contributed by atoms with E-state index in [0.29, 0.717) is 5.56 Å². The van der Waals surface area contributed by atoms with Crippen LogP contribution in [-0.2, 0) is 19.5 Å². The molecule has 2 aromatic rings. The molecule has 2 aromatic carbocycles. The molecule has 2 rings (SSSR count). The summed E-state index contributed by atoms with van der Waals surface area (Å²) in [7, 11) is -2.87. The predicted octanol–water partition coefficient (Wildman–Crippen LogP) is 3.10. The maximum atomic E-state index is 12.6. The summed E-state index contributed by atoms with van der Waals surface area (Å²) in [6.45, 7) is 1.93. The zero-order valence-corrected chi connectivity index (χ0v) is 15.6. The van der Waals surface area contributed by atoms with Gasteiger partial charge in [0.2, 0.25) is 0 Å². The smallest absolute Gasteiger partial charge is 0.338 e. The Bertz CT molecular complexity index is 925. The van der Waals surface area contributed by atoms with Crippen LogP contribution in [0, 0.1) is 0 Å². The Labute approximate surface area is 155 Å². The minimum absolute atomic E-state index is 0.0479. The molecule has 1 N–H and O–H groups in total. The lowest BCUT2D eigenvalue weighted by molar-refractivity contribution is 0.0525. The first kappa shape index (κ1) is 19.7. The zero-order valence-electron chi connectivity index (χ0n) is 14.0. The highest BCUT2D eigenvalue weighted by Crippen LogP contribution is 2.25. The Morgan fingerprint density at radius 2 is 1.65 bits per heavy atom.